The monoisotopic (exact) mass is 443 g/mol. The zero-order valence-electron chi connectivity index (χ0n) is 18.9. The fourth-order valence-electron chi connectivity index (χ4n) is 4.92. The van der Waals surface area contributed by atoms with Gasteiger partial charge in [0.15, 0.2) is 0 Å². The van der Waals surface area contributed by atoms with Gasteiger partial charge in [0.1, 0.15) is 5.82 Å². The lowest BCUT2D eigenvalue weighted by Gasteiger charge is -2.28. The molecule has 1 saturated heterocycles. The van der Waals surface area contributed by atoms with Crippen molar-refractivity contribution in [1.82, 2.24) is 24.8 Å². The highest BCUT2D eigenvalue weighted by molar-refractivity contribution is 5.83. The number of carbonyl (C=O) groups excluding carboxylic acids is 1. The maximum Gasteiger partial charge on any atom is 0.255 e. The molecule has 1 fully saturated rings. The first-order valence-corrected chi connectivity index (χ1v) is 11.7. The second-order valence-corrected chi connectivity index (χ2v) is 9.10. The molecule has 1 aromatic carbocycles. The van der Waals surface area contributed by atoms with E-state index in [1.165, 1.54) is 0 Å². The van der Waals surface area contributed by atoms with Crippen LogP contribution in [0.15, 0.2) is 59.7 Å². The summed E-state index contributed by atoms with van der Waals surface area (Å²) < 4.78 is 0. The van der Waals surface area contributed by atoms with Crippen molar-refractivity contribution in [2.75, 3.05) is 19.6 Å². The van der Waals surface area contributed by atoms with Crippen LogP contribution in [0.5, 0.6) is 0 Å². The molecule has 33 heavy (non-hydrogen) atoms. The first-order chi connectivity index (χ1) is 16.1. The van der Waals surface area contributed by atoms with Crippen LogP contribution in [0.3, 0.4) is 0 Å². The standard InChI is InChI=1S/C26H29N5O2/c1-18(20-7-3-2-4-8-20)26(33)31-13-9-21(16-31)24-28-23-10-12-30(17-22(23)25(32)29-24)15-19-6-5-11-27-14-19/h2-8,11,14,18,21H,9-10,12-13,15-17H2,1H3,(H,28,29,32)/t18-,21+/m0/s1. The Labute approximate surface area is 193 Å². The van der Waals surface area contributed by atoms with Crippen LogP contribution in [0.25, 0.3) is 0 Å². The maximum atomic E-state index is 13.0. The van der Waals surface area contributed by atoms with Gasteiger partial charge in [0.2, 0.25) is 5.91 Å². The minimum atomic E-state index is -0.175. The smallest absolute Gasteiger partial charge is 0.255 e. The Kier molecular flexibility index (Phi) is 6.05. The fraction of sp³-hybridized carbons (Fsp3) is 0.385. The van der Waals surface area contributed by atoms with Gasteiger partial charge < -0.3 is 9.88 Å². The summed E-state index contributed by atoms with van der Waals surface area (Å²) >= 11 is 0. The molecule has 1 amide bonds. The van der Waals surface area contributed by atoms with Crippen LogP contribution >= 0.6 is 0 Å². The molecule has 2 aliphatic heterocycles. The van der Waals surface area contributed by atoms with Crippen molar-refractivity contribution in [3.05, 3.63) is 93.4 Å². The van der Waals surface area contributed by atoms with Gasteiger partial charge in [-0.05, 0) is 30.5 Å². The van der Waals surface area contributed by atoms with E-state index in [9.17, 15) is 9.59 Å². The molecule has 0 radical (unpaired) electrons. The quantitative estimate of drug-likeness (QED) is 0.656. The Morgan fingerprint density at radius 3 is 2.82 bits per heavy atom. The number of aromatic nitrogens is 3. The molecule has 0 aliphatic carbocycles. The van der Waals surface area contributed by atoms with E-state index in [1.807, 2.05) is 54.4 Å². The Morgan fingerprint density at radius 1 is 1.18 bits per heavy atom. The number of pyridine rings is 1. The van der Waals surface area contributed by atoms with E-state index in [4.69, 9.17) is 4.98 Å². The lowest BCUT2D eigenvalue weighted by atomic mass is 10.00. The summed E-state index contributed by atoms with van der Waals surface area (Å²) in [4.78, 5) is 42.2. The second-order valence-electron chi connectivity index (χ2n) is 9.10. The van der Waals surface area contributed by atoms with Crippen LogP contribution in [0, 0.1) is 0 Å². The van der Waals surface area contributed by atoms with E-state index in [1.54, 1.807) is 6.20 Å². The van der Waals surface area contributed by atoms with E-state index < -0.39 is 0 Å². The minimum absolute atomic E-state index is 0.0479. The summed E-state index contributed by atoms with van der Waals surface area (Å²) in [6.07, 6.45) is 5.22. The molecule has 0 saturated carbocycles. The number of amides is 1. The summed E-state index contributed by atoms with van der Waals surface area (Å²) in [5.74, 6) is 0.756. The number of likely N-dealkylation sites (tertiary alicyclic amines) is 1. The summed E-state index contributed by atoms with van der Waals surface area (Å²) in [5, 5.41) is 0. The first-order valence-electron chi connectivity index (χ1n) is 11.7. The molecule has 2 atom stereocenters. The van der Waals surface area contributed by atoms with E-state index >= 15 is 0 Å². The van der Waals surface area contributed by atoms with Gasteiger partial charge in [0, 0.05) is 57.5 Å². The number of carbonyl (C=O) groups is 1. The van der Waals surface area contributed by atoms with Crippen LogP contribution in [-0.2, 0) is 24.3 Å². The van der Waals surface area contributed by atoms with Gasteiger partial charge in [-0.1, -0.05) is 36.4 Å². The zero-order valence-corrected chi connectivity index (χ0v) is 18.9. The molecule has 2 aliphatic rings. The normalized spacial score (nSPS) is 19.3. The van der Waals surface area contributed by atoms with Gasteiger partial charge >= 0.3 is 0 Å². The molecule has 3 aromatic rings. The van der Waals surface area contributed by atoms with Crippen molar-refractivity contribution in [1.29, 1.82) is 0 Å². The average Bonchev–Trinajstić information content (AvgIpc) is 3.35. The van der Waals surface area contributed by atoms with Gasteiger partial charge in [-0.15, -0.1) is 0 Å². The van der Waals surface area contributed by atoms with Crippen molar-refractivity contribution in [2.45, 2.75) is 44.7 Å². The summed E-state index contributed by atoms with van der Waals surface area (Å²) in [7, 11) is 0. The number of fused-ring (bicyclic) bond motifs is 1. The fourth-order valence-corrected chi connectivity index (χ4v) is 4.92. The number of hydrogen-bond acceptors (Lipinski definition) is 5. The highest BCUT2D eigenvalue weighted by atomic mass is 16.2. The SMILES string of the molecule is C[C@H](C(=O)N1CC[C@@H](c2nc3c(c(=O)[nH]2)CN(Cc2cccnc2)CC3)C1)c1ccccc1. The molecular formula is C26H29N5O2. The zero-order chi connectivity index (χ0) is 22.8. The molecular weight excluding hydrogens is 414 g/mol. The second kappa shape index (κ2) is 9.27. The molecule has 170 valence electrons. The number of nitrogens with one attached hydrogen (secondary N) is 1. The highest BCUT2D eigenvalue weighted by Gasteiger charge is 2.32. The van der Waals surface area contributed by atoms with Crippen molar-refractivity contribution in [3.8, 4) is 0 Å². The summed E-state index contributed by atoms with van der Waals surface area (Å²) in [6.45, 7) is 5.48. The van der Waals surface area contributed by atoms with Crippen LogP contribution in [-0.4, -0.2) is 50.3 Å². The van der Waals surface area contributed by atoms with Crippen molar-refractivity contribution in [2.24, 2.45) is 0 Å². The molecule has 4 heterocycles. The van der Waals surface area contributed by atoms with Crippen LogP contribution in [0.1, 0.15) is 53.4 Å². The number of nitrogens with zero attached hydrogens (tertiary/aromatic N) is 4. The van der Waals surface area contributed by atoms with E-state index in [-0.39, 0.29) is 23.3 Å². The number of aromatic amines is 1. The van der Waals surface area contributed by atoms with Crippen molar-refractivity contribution >= 4 is 5.91 Å². The van der Waals surface area contributed by atoms with E-state index in [2.05, 4.69) is 20.9 Å². The number of H-pyrrole nitrogens is 1. The van der Waals surface area contributed by atoms with Gasteiger partial charge in [-0.25, -0.2) is 4.98 Å². The molecule has 5 rings (SSSR count). The molecule has 2 aromatic heterocycles. The molecule has 7 nitrogen and oxygen atoms in total. The first kappa shape index (κ1) is 21.5. The third-order valence-electron chi connectivity index (χ3n) is 6.85. The predicted octanol–water partition coefficient (Wildman–Crippen LogP) is 2.84. The summed E-state index contributed by atoms with van der Waals surface area (Å²) in [6, 6.07) is 13.9. The molecule has 1 N–H and O–H groups in total. The Balaban J connectivity index is 1.26. The Hall–Kier alpha value is -3.32. The van der Waals surface area contributed by atoms with Crippen molar-refractivity contribution in [3.63, 3.8) is 0 Å². The predicted molar refractivity (Wildman–Crippen MR) is 126 cm³/mol. The van der Waals surface area contributed by atoms with Gasteiger partial charge in [-0.3, -0.25) is 19.5 Å². The van der Waals surface area contributed by atoms with Crippen LogP contribution in [0.2, 0.25) is 0 Å². The molecule has 0 spiro atoms. The van der Waals surface area contributed by atoms with Crippen LogP contribution < -0.4 is 5.56 Å². The van der Waals surface area contributed by atoms with E-state index in [0.29, 0.717) is 19.6 Å². The third-order valence-corrected chi connectivity index (χ3v) is 6.85. The summed E-state index contributed by atoms with van der Waals surface area (Å²) in [5.41, 5.74) is 3.79. The Bertz CT molecular complexity index is 1180. The molecule has 7 heteroatoms. The number of hydrogen-bond donors (Lipinski definition) is 1. The van der Waals surface area contributed by atoms with Gasteiger partial charge in [0.25, 0.3) is 5.56 Å². The van der Waals surface area contributed by atoms with E-state index in [0.717, 1.165) is 54.1 Å². The Morgan fingerprint density at radius 2 is 2.03 bits per heavy atom. The van der Waals surface area contributed by atoms with Gasteiger partial charge in [-0.2, -0.15) is 0 Å². The number of rotatable bonds is 5. The average molecular weight is 444 g/mol. The molecule has 0 unspecified atom stereocenters. The lowest BCUT2D eigenvalue weighted by molar-refractivity contribution is -0.131. The topological polar surface area (TPSA) is 82.2 Å². The highest BCUT2D eigenvalue weighted by Crippen LogP contribution is 2.28. The lowest BCUT2D eigenvalue weighted by Crippen LogP contribution is -2.36. The number of benzene rings is 1. The van der Waals surface area contributed by atoms with Crippen LogP contribution in [0.4, 0.5) is 0 Å². The maximum absolute atomic E-state index is 13.0. The van der Waals surface area contributed by atoms with Crippen molar-refractivity contribution < 1.29 is 4.79 Å². The third kappa shape index (κ3) is 4.59. The minimum Gasteiger partial charge on any atom is -0.341 e. The van der Waals surface area contributed by atoms with Gasteiger partial charge in [0.05, 0.1) is 17.2 Å². The largest absolute Gasteiger partial charge is 0.341 e. The molecule has 0 bridgehead atoms.